The zero-order valence-electron chi connectivity index (χ0n) is 31.9. The molecule has 1 amide bonds. The fourth-order valence-electron chi connectivity index (χ4n) is 5.27. The highest BCUT2D eigenvalue weighted by Crippen LogP contribution is 2.43. The van der Waals surface area contributed by atoms with Gasteiger partial charge in [0.05, 0.1) is 25.4 Å². The third-order valence-corrected chi connectivity index (χ3v) is 9.30. The van der Waals surface area contributed by atoms with E-state index in [1.807, 2.05) is 6.08 Å². The number of rotatable bonds is 36. The van der Waals surface area contributed by atoms with Crippen LogP contribution in [0.1, 0.15) is 162 Å². The number of aliphatic hydroxyl groups is 1. The van der Waals surface area contributed by atoms with Gasteiger partial charge in [-0.2, -0.15) is 0 Å². The van der Waals surface area contributed by atoms with Gasteiger partial charge in [0.1, 0.15) is 0 Å². The van der Waals surface area contributed by atoms with E-state index in [2.05, 4.69) is 67.8 Å². The van der Waals surface area contributed by atoms with Crippen molar-refractivity contribution in [3.8, 4) is 0 Å². The van der Waals surface area contributed by atoms with E-state index in [9.17, 15) is 19.4 Å². The number of aliphatic hydroxyl groups excluding tert-OH is 1. The van der Waals surface area contributed by atoms with E-state index in [-0.39, 0.29) is 25.7 Å². The van der Waals surface area contributed by atoms with Crippen molar-refractivity contribution in [1.82, 2.24) is 5.32 Å². The molecule has 3 atom stereocenters. The summed E-state index contributed by atoms with van der Waals surface area (Å²) in [6, 6.07) is -0.885. The second-order valence-corrected chi connectivity index (χ2v) is 14.6. The highest BCUT2D eigenvalue weighted by molar-refractivity contribution is 7.47. The summed E-state index contributed by atoms with van der Waals surface area (Å²) in [5.41, 5.74) is 5.35. The SMILES string of the molecule is CCCCC/C=C\C/C=C\C/C=C\CCCCCCCCC(=O)NC(COP(=O)(O)OCCN)C(O)/C=C/CC/C=C/CCCCCCCC. The lowest BCUT2D eigenvalue weighted by Crippen LogP contribution is -2.45. The van der Waals surface area contributed by atoms with Crippen LogP contribution in [0, 0.1) is 0 Å². The number of nitrogens with two attached hydrogens (primary N) is 1. The Balaban J connectivity index is 4.33. The van der Waals surface area contributed by atoms with Crippen molar-refractivity contribution in [3.63, 3.8) is 0 Å². The molecule has 0 aliphatic heterocycles. The van der Waals surface area contributed by atoms with Gasteiger partial charge in [-0.1, -0.05) is 145 Å². The molecule has 5 N–H and O–H groups in total. The minimum Gasteiger partial charge on any atom is -0.387 e. The number of carbonyl (C=O) groups is 1. The van der Waals surface area contributed by atoms with Crippen molar-refractivity contribution >= 4 is 13.7 Å². The monoisotopic (exact) mass is 723 g/mol. The van der Waals surface area contributed by atoms with Crippen LogP contribution in [0.4, 0.5) is 0 Å². The molecule has 0 saturated carbocycles. The molecule has 0 fully saturated rings. The maximum Gasteiger partial charge on any atom is 0.472 e. The lowest BCUT2D eigenvalue weighted by atomic mass is 10.1. The predicted octanol–water partition coefficient (Wildman–Crippen LogP) is 10.7. The summed E-state index contributed by atoms with van der Waals surface area (Å²) in [5.74, 6) is -0.221. The van der Waals surface area contributed by atoms with Crippen LogP contribution in [0.25, 0.3) is 0 Å². The molecule has 0 heterocycles. The first kappa shape index (κ1) is 48.2. The molecule has 0 aromatic heterocycles. The molecule has 0 aliphatic carbocycles. The van der Waals surface area contributed by atoms with Crippen LogP contribution in [0.15, 0.2) is 60.8 Å². The standard InChI is InChI=1S/C41H75N2O6P/c1-3-5-7-9-11-13-15-17-18-19-20-21-22-23-25-27-29-31-33-35-41(45)43-39(38-49-50(46,47)48-37-36-42)40(44)34-32-30-28-26-24-16-14-12-10-8-6-4-2/h11,13,17-18,20-21,24,26,32,34,39-40,44H,3-10,12,14-16,19,22-23,25,27-31,33,35-38,42H2,1-2H3,(H,43,45)(H,46,47)/b13-11-,18-17-,21-20-,26-24+,34-32+. The molecule has 0 rings (SSSR count). The average Bonchev–Trinajstić information content (AvgIpc) is 3.10. The van der Waals surface area contributed by atoms with Gasteiger partial charge in [0.2, 0.25) is 5.91 Å². The number of carbonyl (C=O) groups excluding carboxylic acids is 1. The average molecular weight is 723 g/mol. The maximum atomic E-state index is 12.7. The van der Waals surface area contributed by atoms with Crippen molar-refractivity contribution in [1.29, 1.82) is 0 Å². The van der Waals surface area contributed by atoms with E-state index in [0.717, 1.165) is 64.2 Å². The zero-order valence-corrected chi connectivity index (χ0v) is 32.8. The van der Waals surface area contributed by atoms with E-state index < -0.39 is 20.0 Å². The number of phosphoric ester groups is 1. The van der Waals surface area contributed by atoms with E-state index >= 15 is 0 Å². The van der Waals surface area contributed by atoms with Crippen LogP contribution < -0.4 is 11.1 Å². The molecule has 0 spiro atoms. The largest absolute Gasteiger partial charge is 0.472 e. The first-order valence-corrected chi connectivity index (χ1v) is 21.4. The Kier molecular flexibility index (Phi) is 35.6. The normalized spacial score (nSPS) is 14.9. The van der Waals surface area contributed by atoms with Crippen molar-refractivity contribution in [2.24, 2.45) is 5.73 Å². The molecule has 0 aromatic carbocycles. The third kappa shape index (κ3) is 34.6. The van der Waals surface area contributed by atoms with E-state index in [0.29, 0.717) is 6.42 Å². The van der Waals surface area contributed by atoms with Crippen LogP contribution in [-0.4, -0.2) is 47.8 Å². The van der Waals surface area contributed by atoms with E-state index in [1.165, 1.54) is 77.0 Å². The molecule has 3 unspecified atom stereocenters. The van der Waals surface area contributed by atoms with Gasteiger partial charge >= 0.3 is 7.82 Å². The maximum absolute atomic E-state index is 12.7. The fraction of sp³-hybridized carbons (Fsp3) is 0.732. The van der Waals surface area contributed by atoms with Gasteiger partial charge in [0, 0.05) is 13.0 Å². The first-order valence-electron chi connectivity index (χ1n) is 19.9. The van der Waals surface area contributed by atoms with Gasteiger partial charge in [0.25, 0.3) is 0 Å². The van der Waals surface area contributed by atoms with Crippen LogP contribution in [0.3, 0.4) is 0 Å². The lowest BCUT2D eigenvalue weighted by molar-refractivity contribution is -0.123. The fourth-order valence-corrected chi connectivity index (χ4v) is 6.03. The van der Waals surface area contributed by atoms with Gasteiger partial charge in [0.15, 0.2) is 0 Å². The second-order valence-electron chi connectivity index (χ2n) is 13.1. The Labute approximate surface area is 306 Å². The Morgan fingerprint density at radius 2 is 1.12 bits per heavy atom. The molecule has 0 bridgehead atoms. The number of phosphoric acid groups is 1. The minimum absolute atomic E-state index is 0.0689. The Hall–Kier alpha value is -1.80. The Morgan fingerprint density at radius 3 is 1.72 bits per heavy atom. The van der Waals surface area contributed by atoms with Crippen molar-refractivity contribution in [3.05, 3.63) is 60.8 Å². The van der Waals surface area contributed by atoms with Gasteiger partial charge in [-0.05, 0) is 70.6 Å². The second kappa shape index (κ2) is 37.0. The topological polar surface area (TPSA) is 131 Å². The van der Waals surface area contributed by atoms with Crippen LogP contribution in [0.2, 0.25) is 0 Å². The molecular weight excluding hydrogens is 647 g/mol. The van der Waals surface area contributed by atoms with Gasteiger partial charge in [-0.15, -0.1) is 0 Å². The molecule has 0 aliphatic rings. The molecule has 290 valence electrons. The lowest BCUT2D eigenvalue weighted by Gasteiger charge is -2.23. The Morgan fingerprint density at radius 1 is 0.660 bits per heavy atom. The summed E-state index contributed by atoms with van der Waals surface area (Å²) >= 11 is 0. The quantitative estimate of drug-likeness (QED) is 0.0288. The molecule has 0 radical (unpaired) electrons. The number of unbranched alkanes of at least 4 members (excludes halogenated alkanes) is 16. The minimum atomic E-state index is -4.35. The molecule has 50 heavy (non-hydrogen) atoms. The van der Waals surface area contributed by atoms with Crippen molar-refractivity contribution < 1.29 is 28.4 Å². The number of allylic oxidation sites excluding steroid dienone is 9. The zero-order chi connectivity index (χ0) is 36.8. The number of amides is 1. The summed E-state index contributed by atoms with van der Waals surface area (Å²) in [6.45, 7) is 4.03. The van der Waals surface area contributed by atoms with E-state index in [1.54, 1.807) is 6.08 Å². The molecule has 0 aromatic rings. The van der Waals surface area contributed by atoms with Crippen LogP contribution in [-0.2, 0) is 18.4 Å². The highest BCUT2D eigenvalue weighted by atomic mass is 31.2. The predicted molar refractivity (Wildman–Crippen MR) is 212 cm³/mol. The summed E-state index contributed by atoms with van der Waals surface area (Å²) < 4.78 is 22.0. The van der Waals surface area contributed by atoms with E-state index in [4.69, 9.17) is 14.8 Å². The first-order chi connectivity index (χ1) is 24.4. The van der Waals surface area contributed by atoms with Gasteiger partial charge in [-0.25, -0.2) is 4.57 Å². The van der Waals surface area contributed by atoms with Crippen LogP contribution >= 0.6 is 7.82 Å². The van der Waals surface area contributed by atoms with Crippen molar-refractivity contribution in [2.45, 2.75) is 174 Å². The summed E-state index contributed by atoms with van der Waals surface area (Å²) in [7, 11) is -4.35. The molecule has 8 nitrogen and oxygen atoms in total. The number of nitrogens with one attached hydrogen (secondary N) is 1. The molecular formula is C41H75N2O6P. The van der Waals surface area contributed by atoms with Crippen molar-refractivity contribution in [2.75, 3.05) is 19.8 Å². The number of hydrogen-bond donors (Lipinski definition) is 4. The van der Waals surface area contributed by atoms with Crippen LogP contribution in [0.5, 0.6) is 0 Å². The molecule has 9 heteroatoms. The highest BCUT2D eigenvalue weighted by Gasteiger charge is 2.26. The number of hydrogen-bond acceptors (Lipinski definition) is 6. The smallest absolute Gasteiger partial charge is 0.387 e. The summed E-state index contributed by atoms with van der Waals surface area (Å²) in [6.07, 6.45) is 45.5. The third-order valence-electron chi connectivity index (χ3n) is 8.32. The van der Waals surface area contributed by atoms with Gasteiger partial charge < -0.3 is 21.1 Å². The molecule has 0 saturated heterocycles. The Bertz CT molecular complexity index is 965. The summed E-state index contributed by atoms with van der Waals surface area (Å²) in [5, 5.41) is 13.6. The summed E-state index contributed by atoms with van der Waals surface area (Å²) in [4.78, 5) is 22.6. The van der Waals surface area contributed by atoms with Gasteiger partial charge in [-0.3, -0.25) is 13.8 Å².